The molecule has 22 heavy (non-hydrogen) atoms. The Kier molecular flexibility index (Phi) is 5.59. The molecule has 2 aromatic carbocycles. The minimum atomic E-state index is 0.0390. The third-order valence-corrected chi connectivity index (χ3v) is 3.90. The smallest absolute Gasteiger partial charge is 0.254 e. The van der Waals surface area contributed by atoms with Gasteiger partial charge in [-0.05, 0) is 37.1 Å². The monoisotopic (exact) mass is 296 g/mol. The summed E-state index contributed by atoms with van der Waals surface area (Å²) in [5, 5.41) is 0. The van der Waals surface area contributed by atoms with Crippen molar-refractivity contribution in [2.45, 2.75) is 32.7 Å². The number of nitrogen functional groups attached to an aromatic ring is 1. The highest BCUT2D eigenvalue weighted by Crippen LogP contribution is 2.23. The Hall–Kier alpha value is -2.29. The summed E-state index contributed by atoms with van der Waals surface area (Å²) in [5.41, 5.74) is 8.23. The van der Waals surface area contributed by atoms with Crippen LogP contribution >= 0.6 is 0 Å². The van der Waals surface area contributed by atoms with E-state index in [0.29, 0.717) is 11.3 Å². The van der Waals surface area contributed by atoms with Crippen LogP contribution in [0.15, 0.2) is 54.6 Å². The van der Waals surface area contributed by atoms with Crippen LogP contribution < -0.4 is 5.73 Å². The van der Waals surface area contributed by atoms with Crippen molar-refractivity contribution in [2.24, 2.45) is 0 Å². The van der Waals surface area contributed by atoms with Crippen molar-refractivity contribution < 1.29 is 4.79 Å². The fourth-order valence-electron chi connectivity index (χ4n) is 2.55. The van der Waals surface area contributed by atoms with E-state index in [9.17, 15) is 4.79 Å². The van der Waals surface area contributed by atoms with E-state index in [1.54, 1.807) is 12.1 Å². The van der Waals surface area contributed by atoms with Gasteiger partial charge in [0.05, 0.1) is 6.04 Å². The lowest BCUT2D eigenvalue weighted by molar-refractivity contribution is 0.0688. The first-order chi connectivity index (χ1) is 10.6. The number of nitrogens with zero attached hydrogens (tertiary/aromatic N) is 1. The number of nitrogens with two attached hydrogens (primary N) is 1. The van der Waals surface area contributed by atoms with Gasteiger partial charge in [-0.3, -0.25) is 4.79 Å². The standard InChI is InChI=1S/C19H24N2O/c1-3-4-13-21(15(2)16-9-6-5-7-10-16)19(22)17-11-8-12-18(20)14-17/h5-12,14-15H,3-4,13,20H2,1-2H3. The van der Waals surface area contributed by atoms with Gasteiger partial charge in [-0.25, -0.2) is 0 Å². The van der Waals surface area contributed by atoms with Crippen molar-refractivity contribution in [3.05, 3.63) is 65.7 Å². The van der Waals surface area contributed by atoms with Crippen LogP contribution in [0.2, 0.25) is 0 Å². The molecular weight excluding hydrogens is 272 g/mol. The van der Waals surface area contributed by atoms with Gasteiger partial charge in [0.15, 0.2) is 0 Å². The quantitative estimate of drug-likeness (QED) is 0.809. The van der Waals surface area contributed by atoms with Gasteiger partial charge in [-0.2, -0.15) is 0 Å². The van der Waals surface area contributed by atoms with Crippen LogP contribution in [0, 0.1) is 0 Å². The van der Waals surface area contributed by atoms with Crippen molar-refractivity contribution in [3.63, 3.8) is 0 Å². The van der Waals surface area contributed by atoms with E-state index in [1.165, 1.54) is 0 Å². The van der Waals surface area contributed by atoms with Crippen molar-refractivity contribution in [2.75, 3.05) is 12.3 Å². The summed E-state index contributed by atoms with van der Waals surface area (Å²) >= 11 is 0. The molecule has 2 aromatic rings. The zero-order valence-corrected chi connectivity index (χ0v) is 13.3. The predicted octanol–water partition coefficient (Wildman–Crippen LogP) is 4.27. The van der Waals surface area contributed by atoms with Crippen LogP contribution in [0.1, 0.15) is 48.7 Å². The van der Waals surface area contributed by atoms with E-state index in [-0.39, 0.29) is 11.9 Å². The van der Waals surface area contributed by atoms with Crippen molar-refractivity contribution in [3.8, 4) is 0 Å². The highest BCUT2D eigenvalue weighted by atomic mass is 16.2. The van der Waals surface area contributed by atoms with Crippen LogP contribution in [-0.2, 0) is 0 Å². The molecule has 116 valence electrons. The number of carbonyl (C=O) groups excluding carboxylic acids is 1. The molecular formula is C19H24N2O. The molecule has 1 amide bonds. The molecule has 0 radical (unpaired) electrons. The Labute approximate surface area is 132 Å². The number of rotatable bonds is 6. The molecule has 0 aliphatic carbocycles. The molecule has 0 saturated carbocycles. The summed E-state index contributed by atoms with van der Waals surface area (Å²) in [5.74, 6) is 0.0390. The summed E-state index contributed by atoms with van der Waals surface area (Å²) in [6.07, 6.45) is 2.05. The minimum Gasteiger partial charge on any atom is -0.399 e. The highest BCUT2D eigenvalue weighted by Gasteiger charge is 2.22. The number of hydrogen-bond donors (Lipinski definition) is 1. The van der Waals surface area contributed by atoms with Gasteiger partial charge < -0.3 is 10.6 Å². The van der Waals surface area contributed by atoms with Gasteiger partial charge in [0.1, 0.15) is 0 Å². The van der Waals surface area contributed by atoms with E-state index in [2.05, 4.69) is 26.0 Å². The van der Waals surface area contributed by atoms with E-state index in [1.807, 2.05) is 35.2 Å². The Balaban J connectivity index is 2.27. The van der Waals surface area contributed by atoms with Crippen LogP contribution in [0.4, 0.5) is 5.69 Å². The van der Waals surface area contributed by atoms with Gasteiger partial charge in [-0.15, -0.1) is 0 Å². The van der Waals surface area contributed by atoms with Crippen molar-refractivity contribution >= 4 is 11.6 Å². The number of unbranched alkanes of at least 4 members (excludes halogenated alkanes) is 1. The van der Waals surface area contributed by atoms with Gasteiger partial charge in [-0.1, -0.05) is 49.7 Å². The molecule has 0 aliphatic rings. The Bertz CT molecular complexity index is 610. The zero-order chi connectivity index (χ0) is 15.9. The summed E-state index contributed by atoms with van der Waals surface area (Å²) in [6.45, 7) is 4.96. The topological polar surface area (TPSA) is 46.3 Å². The van der Waals surface area contributed by atoms with Gasteiger partial charge in [0.25, 0.3) is 5.91 Å². The molecule has 2 N–H and O–H groups in total. The summed E-state index contributed by atoms with van der Waals surface area (Å²) in [7, 11) is 0. The zero-order valence-electron chi connectivity index (χ0n) is 13.3. The van der Waals surface area contributed by atoms with Crippen LogP contribution in [0.3, 0.4) is 0 Å². The lowest BCUT2D eigenvalue weighted by Crippen LogP contribution is -2.34. The maximum atomic E-state index is 12.9. The number of hydrogen-bond acceptors (Lipinski definition) is 2. The molecule has 0 spiro atoms. The van der Waals surface area contributed by atoms with E-state index in [0.717, 1.165) is 24.9 Å². The molecule has 3 heteroatoms. The maximum absolute atomic E-state index is 12.9. The molecule has 1 atom stereocenters. The fraction of sp³-hybridized carbons (Fsp3) is 0.316. The molecule has 0 bridgehead atoms. The Morgan fingerprint density at radius 1 is 1.14 bits per heavy atom. The molecule has 0 heterocycles. The van der Waals surface area contributed by atoms with Crippen LogP contribution in [0.5, 0.6) is 0 Å². The van der Waals surface area contributed by atoms with Crippen molar-refractivity contribution in [1.82, 2.24) is 4.90 Å². The third kappa shape index (κ3) is 3.88. The molecule has 3 nitrogen and oxygen atoms in total. The maximum Gasteiger partial charge on any atom is 0.254 e. The lowest BCUT2D eigenvalue weighted by Gasteiger charge is -2.30. The highest BCUT2D eigenvalue weighted by molar-refractivity contribution is 5.95. The number of amides is 1. The van der Waals surface area contributed by atoms with Crippen LogP contribution in [0.25, 0.3) is 0 Å². The van der Waals surface area contributed by atoms with Crippen LogP contribution in [-0.4, -0.2) is 17.4 Å². The van der Waals surface area contributed by atoms with E-state index < -0.39 is 0 Å². The van der Waals surface area contributed by atoms with E-state index >= 15 is 0 Å². The second-order valence-electron chi connectivity index (χ2n) is 5.56. The molecule has 1 unspecified atom stereocenters. The number of carbonyl (C=O) groups is 1. The van der Waals surface area contributed by atoms with Gasteiger partial charge >= 0.3 is 0 Å². The van der Waals surface area contributed by atoms with Crippen molar-refractivity contribution in [1.29, 1.82) is 0 Å². The SMILES string of the molecule is CCCCN(C(=O)c1cccc(N)c1)C(C)c1ccccc1. The predicted molar refractivity (Wildman–Crippen MR) is 91.7 cm³/mol. The largest absolute Gasteiger partial charge is 0.399 e. The van der Waals surface area contributed by atoms with Gasteiger partial charge in [0, 0.05) is 17.8 Å². The first-order valence-electron chi connectivity index (χ1n) is 7.85. The summed E-state index contributed by atoms with van der Waals surface area (Å²) < 4.78 is 0. The second-order valence-corrected chi connectivity index (χ2v) is 5.56. The lowest BCUT2D eigenvalue weighted by atomic mass is 10.0. The molecule has 0 fully saturated rings. The first kappa shape index (κ1) is 16.1. The average molecular weight is 296 g/mol. The third-order valence-electron chi connectivity index (χ3n) is 3.90. The number of benzene rings is 2. The molecule has 0 aromatic heterocycles. The fourth-order valence-corrected chi connectivity index (χ4v) is 2.55. The number of anilines is 1. The molecule has 2 rings (SSSR count). The summed E-state index contributed by atoms with van der Waals surface area (Å²) in [6, 6.07) is 17.4. The van der Waals surface area contributed by atoms with E-state index in [4.69, 9.17) is 5.73 Å². The Morgan fingerprint density at radius 2 is 1.86 bits per heavy atom. The summed E-state index contributed by atoms with van der Waals surface area (Å²) in [4.78, 5) is 14.8. The first-order valence-corrected chi connectivity index (χ1v) is 7.85. The normalized spacial score (nSPS) is 11.9. The molecule has 0 saturated heterocycles. The average Bonchev–Trinajstić information content (AvgIpc) is 2.55. The van der Waals surface area contributed by atoms with Gasteiger partial charge in [0.2, 0.25) is 0 Å². The minimum absolute atomic E-state index is 0.0390. The molecule has 0 aliphatic heterocycles. The second kappa shape index (κ2) is 7.64. The Morgan fingerprint density at radius 3 is 2.50 bits per heavy atom.